The molecule has 0 spiro atoms. The van der Waals surface area contributed by atoms with Gasteiger partial charge in [-0.2, -0.15) is 0 Å². The van der Waals surface area contributed by atoms with Crippen LogP contribution in [0.3, 0.4) is 0 Å². The number of piperazine rings is 1. The zero-order valence-corrected chi connectivity index (χ0v) is 20.6. The fourth-order valence-corrected chi connectivity index (χ4v) is 4.38. The molecule has 0 unspecified atom stereocenters. The van der Waals surface area contributed by atoms with Gasteiger partial charge >= 0.3 is 0 Å². The molecule has 5 nitrogen and oxygen atoms in total. The van der Waals surface area contributed by atoms with Crippen LogP contribution in [0.2, 0.25) is 5.02 Å². The van der Waals surface area contributed by atoms with Crippen molar-refractivity contribution < 1.29 is 4.79 Å². The summed E-state index contributed by atoms with van der Waals surface area (Å²) in [6.07, 6.45) is 0.790. The normalized spacial score (nSPS) is 14.1. The summed E-state index contributed by atoms with van der Waals surface area (Å²) in [4.78, 5) is 27.0. The number of nitrogens with zero attached hydrogens (tertiary/aromatic N) is 4. The summed E-state index contributed by atoms with van der Waals surface area (Å²) in [6, 6.07) is 15.9. The molecule has 33 heavy (non-hydrogen) atoms. The minimum atomic E-state index is -0.0122. The molecule has 0 radical (unpaired) electrons. The van der Waals surface area contributed by atoms with E-state index in [-0.39, 0.29) is 11.8 Å². The van der Waals surface area contributed by atoms with Crippen LogP contribution >= 0.6 is 11.6 Å². The molecule has 1 aromatic heterocycles. The minimum absolute atomic E-state index is 0.0122. The first-order valence-electron chi connectivity index (χ1n) is 11.5. The van der Waals surface area contributed by atoms with Crippen molar-refractivity contribution in [3.8, 4) is 0 Å². The molecule has 172 valence electrons. The van der Waals surface area contributed by atoms with Crippen LogP contribution in [0.1, 0.15) is 58.3 Å². The number of amides is 1. The number of anilines is 1. The second kappa shape index (κ2) is 9.92. The van der Waals surface area contributed by atoms with Gasteiger partial charge in [-0.3, -0.25) is 4.79 Å². The van der Waals surface area contributed by atoms with Crippen LogP contribution in [0.4, 0.5) is 5.82 Å². The molecule has 1 aliphatic rings. The summed E-state index contributed by atoms with van der Waals surface area (Å²) in [5.41, 5.74) is 5.25. The van der Waals surface area contributed by atoms with E-state index in [2.05, 4.69) is 56.9 Å². The highest BCUT2D eigenvalue weighted by Gasteiger charge is 2.26. The van der Waals surface area contributed by atoms with Gasteiger partial charge in [0.15, 0.2) is 0 Å². The van der Waals surface area contributed by atoms with E-state index in [0.717, 1.165) is 42.4 Å². The van der Waals surface area contributed by atoms with Gasteiger partial charge in [-0.1, -0.05) is 67.4 Å². The molecule has 1 saturated heterocycles. The number of carbonyl (C=O) groups excluding carboxylic acids is 1. The molecule has 3 aromatic rings. The van der Waals surface area contributed by atoms with E-state index >= 15 is 0 Å². The maximum absolute atomic E-state index is 13.0. The Labute approximate surface area is 201 Å². The number of carbonyl (C=O) groups is 1. The maximum Gasteiger partial charge on any atom is 0.255 e. The third-order valence-corrected chi connectivity index (χ3v) is 6.53. The third-order valence-electron chi connectivity index (χ3n) is 6.20. The summed E-state index contributed by atoms with van der Waals surface area (Å²) in [6.45, 7) is 11.2. The molecule has 4 rings (SSSR count). The Balaban J connectivity index is 1.58. The number of benzene rings is 2. The Morgan fingerprint density at radius 2 is 1.64 bits per heavy atom. The summed E-state index contributed by atoms with van der Waals surface area (Å²) in [5.74, 6) is 2.10. The van der Waals surface area contributed by atoms with E-state index in [9.17, 15) is 4.79 Å². The highest BCUT2D eigenvalue weighted by atomic mass is 35.5. The first-order valence-corrected chi connectivity index (χ1v) is 11.9. The van der Waals surface area contributed by atoms with E-state index < -0.39 is 0 Å². The Bertz CT molecular complexity index is 1140. The molecule has 0 atom stereocenters. The summed E-state index contributed by atoms with van der Waals surface area (Å²) in [5, 5.41) is 0.498. The first kappa shape index (κ1) is 23.2. The second-order valence-electron chi connectivity index (χ2n) is 9.05. The summed E-state index contributed by atoms with van der Waals surface area (Å²) >= 11 is 6.26. The average Bonchev–Trinajstić information content (AvgIpc) is 2.81. The predicted octanol–water partition coefficient (Wildman–Crippen LogP) is 5.42. The lowest BCUT2D eigenvalue weighted by Crippen LogP contribution is -2.49. The predicted molar refractivity (Wildman–Crippen MR) is 134 cm³/mol. The minimum Gasteiger partial charge on any atom is -0.353 e. The van der Waals surface area contributed by atoms with Crippen molar-refractivity contribution in [2.75, 3.05) is 31.1 Å². The quantitative estimate of drug-likeness (QED) is 0.507. The zero-order valence-electron chi connectivity index (χ0n) is 19.8. The van der Waals surface area contributed by atoms with E-state index in [0.29, 0.717) is 23.7 Å². The number of hydrogen-bond acceptors (Lipinski definition) is 4. The van der Waals surface area contributed by atoms with Gasteiger partial charge in [0.25, 0.3) is 5.91 Å². The van der Waals surface area contributed by atoms with Crippen LogP contribution in [0.25, 0.3) is 0 Å². The fraction of sp³-hybridized carbons (Fsp3) is 0.370. The lowest BCUT2D eigenvalue weighted by molar-refractivity contribution is 0.0746. The lowest BCUT2D eigenvalue weighted by Gasteiger charge is -2.37. The van der Waals surface area contributed by atoms with Crippen molar-refractivity contribution >= 4 is 23.3 Å². The van der Waals surface area contributed by atoms with Crippen molar-refractivity contribution in [1.29, 1.82) is 0 Å². The number of aromatic nitrogens is 2. The standard InChI is InChI=1S/C27H31ClN4O/c1-18(2)25-29-20(4)23(17-21-11-9-19(3)10-12-21)26(30-25)31-13-15-32(16-14-31)27(33)22-7-5-6-8-24(22)28/h5-12,18H,13-17H2,1-4H3. The van der Waals surface area contributed by atoms with Crippen LogP contribution in [-0.4, -0.2) is 47.0 Å². The molecule has 1 aliphatic heterocycles. The lowest BCUT2D eigenvalue weighted by atomic mass is 10.0. The van der Waals surface area contributed by atoms with E-state index in [1.807, 2.05) is 17.0 Å². The summed E-state index contributed by atoms with van der Waals surface area (Å²) in [7, 11) is 0. The first-order chi connectivity index (χ1) is 15.8. The molecule has 0 N–H and O–H groups in total. The van der Waals surface area contributed by atoms with Crippen LogP contribution in [0.5, 0.6) is 0 Å². The molecular weight excluding hydrogens is 432 g/mol. The molecule has 1 amide bonds. The number of halogens is 1. The maximum atomic E-state index is 13.0. The zero-order chi connectivity index (χ0) is 23.5. The number of aryl methyl sites for hydroxylation is 2. The highest BCUT2D eigenvalue weighted by Crippen LogP contribution is 2.28. The molecule has 2 aromatic carbocycles. The van der Waals surface area contributed by atoms with Crippen LogP contribution in [0, 0.1) is 13.8 Å². The van der Waals surface area contributed by atoms with Crippen molar-refractivity contribution in [3.63, 3.8) is 0 Å². The van der Waals surface area contributed by atoms with Crippen LogP contribution < -0.4 is 4.90 Å². The molecule has 1 fully saturated rings. The number of hydrogen-bond donors (Lipinski definition) is 0. The van der Waals surface area contributed by atoms with Gasteiger partial charge in [0.1, 0.15) is 11.6 Å². The van der Waals surface area contributed by atoms with E-state index in [4.69, 9.17) is 21.6 Å². The van der Waals surface area contributed by atoms with Crippen molar-refractivity contribution in [2.45, 2.75) is 40.0 Å². The van der Waals surface area contributed by atoms with Gasteiger partial charge in [0, 0.05) is 49.8 Å². The molecule has 0 aliphatic carbocycles. The molecule has 0 bridgehead atoms. The molecule has 2 heterocycles. The van der Waals surface area contributed by atoms with Gasteiger partial charge in [-0.05, 0) is 31.5 Å². The van der Waals surface area contributed by atoms with Gasteiger partial charge in [-0.25, -0.2) is 9.97 Å². The van der Waals surface area contributed by atoms with Crippen LogP contribution in [-0.2, 0) is 6.42 Å². The molecule has 0 saturated carbocycles. The Morgan fingerprint density at radius 1 is 0.970 bits per heavy atom. The Morgan fingerprint density at radius 3 is 2.27 bits per heavy atom. The van der Waals surface area contributed by atoms with Crippen LogP contribution in [0.15, 0.2) is 48.5 Å². The molecule has 6 heteroatoms. The van der Waals surface area contributed by atoms with E-state index in [1.54, 1.807) is 12.1 Å². The van der Waals surface area contributed by atoms with Crippen molar-refractivity contribution in [3.05, 3.63) is 87.3 Å². The van der Waals surface area contributed by atoms with Crippen molar-refractivity contribution in [2.24, 2.45) is 0 Å². The Kier molecular flexibility index (Phi) is 6.99. The fourth-order valence-electron chi connectivity index (χ4n) is 4.17. The summed E-state index contributed by atoms with van der Waals surface area (Å²) < 4.78 is 0. The van der Waals surface area contributed by atoms with Gasteiger partial charge in [-0.15, -0.1) is 0 Å². The topological polar surface area (TPSA) is 49.3 Å². The van der Waals surface area contributed by atoms with Gasteiger partial charge < -0.3 is 9.80 Å². The third kappa shape index (κ3) is 5.19. The van der Waals surface area contributed by atoms with Crippen molar-refractivity contribution in [1.82, 2.24) is 14.9 Å². The highest BCUT2D eigenvalue weighted by molar-refractivity contribution is 6.33. The second-order valence-corrected chi connectivity index (χ2v) is 9.45. The number of rotatable bonds is 5. The average molecular weight is 463 g/mol. The van der Waals surface area contributed by atoms with E-state index in [1.165, 1.54) is 11.1 Å². The molecular formula is C27H31ClN4O. The largest absolute Gasteiger partial charge is 0.353 e. The smallest absolute Gasteiger partial charge is 0.255 e. The van der Waals surface area contributed by atoms with Gasteiger partial charge in [0.05, 0.1) is 10.6 Å². The monoisotopic (exact) mass is 462 g/mol. The van der Waals surface area contributed by atoms with Gasteiger partial charge in [0.2, 0.25) is 0 Å². The Hall–Kier alpha value is -2.92. The SMILES string of the molecule is Cc1ccc(Cc2c(C)nc(C(C)C)nc2N2CCN(C(=O)c3ccccc3Cl)CC2)cc1.